The van der Waals surface area contributed by atoms with Crippen molar-refractivity contribution in [3.05, 3.63) is 11.1 Å². The van der Waals surface area contributed by atoms with E-state index in [1.54, 1.807) is 11.3 Å². The summed E-state index contributed by atoms with van der Waals surface area (Å²) in [6, 6.07) is 0.668. The van der Waals surface area contributed by atoms with Gasteiger partial charge in [0.1, 0.15) is 0 Å². The fourth-order valence-electron chi connectivity index (χ4n) is 1.86. The number of aromatic nitrogens is 1. The Hall–Kier alpha value is -0.610. The van der Waals surface area contributed by atoms with Crippen molar-refractivity contribution in [1.29, 1.82) is 0 Å². The summed E-state index contributed by atoms with van der Waals surface area (Å²) in [4.78, 5) is 8.04. The van der Waals surface area contributed by atoms with Gasteiger partial charge in [0.2, 0.25) is 0 Å². The first kappa shape index (κ1) is 9.93. The van der Waals surface area contributed by atoms with E-state index < -0.39 is 0 Å². The highest BCUT2D eigenvalue weighted by Crippen LogP contribution is 2.24. The number of aryl methyl sites for hydroxylation is 1. The van der Waals surface area contributed by atoms with Gasteiger partial charge in [-0.25, -0.2) is 4.98 Å². The van der Waals surface area contributed by atoms with Crippen LogP contribution in [-0.4, -0.2) is 31.2 Å². The van der Waals surface area contributed by atoms with Crippen LogP contribution in [-0.2, 0) is 0 Å². The molecule has 1 fully saturated rings. The third-order valence-corrected chi connectivity index (χ3v) is 3.77. The molecule has 0 amide bonds. The molecule has 78 valence electrons. The standard InChI is InChI=1S/C10H17N3S/c1-8-7-12-10(14-8)13(2)9-3-5-11-6-4-9/h7,9,11H,3-6H2,1-2H3. The molecular weight excluding hydrogens is 194 g/mol. The Morgan fingerprint density at radius 1 is 1.50 bits per heavy atom. The van der Waals surface area contributed by atoms with Crippen molar-refractivity contribution < 1.29 is 0 Å². The van der Waals surface area contributed by atoms with Crippen LogP contribution in [0.2, 0.25) is 0 Å². The second-order valence-electron chi connectivity index (χ2n) is 3.85. The molecule has 1 aliphatic heterocycles. The van der Waals surface area contributed by atoms with Crippen molar-refractivity contribution in [1.82, 2.24) is 10.3 Å². The Balaban J connectivity index is 2.03. The second kappa shape index (κ2) is 4.28. The molecule has 1 saturated heterocycles. The maximum Gasteiger partial charge on any atom is 0.185 e. The van der Waals surface area contributed by atoms with Gasteiger partial charge < -0.3 is 10.2 Å². The van der Waals surface area contributed by atoms with Gasteiger partial charge in [-0.2, -0.15) is 0 Å². The minimum absolute atomic E-state index is 0.668. The zero-order valence-electron chi connectivity index (χ0n) is 8.79. The highest BCUT2D eigenvalue weighted by molar-refractivity contribution is 7.15. The molecule has 4 heteroatoms. The van der Waals surface area contributed by atoms with Gasteiger partial charge in [0.15, 0.2) is 5.13 Å². The lowest BCUT2D eigenvalue weighted by Gasteiger charge is -2.31. The number of rotatable bonds is 2. The summed E-state index contributed by atoms with van der Waals surface area (Å²) in [6.45, 7) is 4.39. The van der Waals surface area contributed by atoms with Crippen LogP contribution < -0.4 is 10.2 Å². The molecular formula is C10H17N3S. The quantitative estimate of drug-likeness (QED) is 0.806. The van der Waals surface area contributed by atoms with E-state index >= 15 is 0 Å². The van der Waals surface area contributed by atoms with Crippen LogP contribution in [0.15, 0.2) is 6.20 Å². The van der Waals surface area contributed by atoms with Crippen molar-refractivity contribution in [2.24, 2.45) is 0 Å². The van der Waals surface area contributed by atoms with Crippen molar-refractivity contribution in [3.8, 4) is 0 Å². The van der Waals surface area contributed by atoms with E-state index in [0.29, 0.717) is 6.04 Å². The molecule has 0 atom stereocenters. The molecule has 0 saturated carbocycles. The number of anilines is 1. The van der Waals surface area contributed by atoms with E-state index in [2.05, 4.69) is 29.2 Å². The molecule has 0 aliphatic carbocycles. The molecule has 0 aromatic carbocycles. The molecule has 1 aliphatic rings. The lowest BCUT2D eigenvalue weighted by atomic mass is 10.1. The molecule has 1 N–H and O–H groups in total. The predicted octanol–water partition coefficient (Wildman–Crippen LogP) is 1.64. The molecule has 2 rings (SSSR count). The second-order valence-corrected chi connectivity index (χ2v) is 5.06. The number of nitrogens with one attached hydrogen (secondary N) is 1. The number of hydrogen-bond donors (Lipinski definition) is 1. The van der Waals surface area contributed by atoms with Crippen LogP contribution >= 0.6 is 11.3 Å². The van der Waals surface area contributed by atoms with Crippen LogP contribution in [0.25, 0.3) is 0 Å². The van der Waals surface area contributed by atoms with Gasteiger partial charge >= 0.3 is 0 Å². The first-order valence-corrected chi connectivity index (χ1v) is 5.95. The zero-order chi connectivity index (χ0) is 9.97. The van der Waals surface area contributed by atoms with Crippen LogP contribution in [0.4, 0.5) is 5.13 Å². The lowest BCUT2D eigenvalue weighted by molar-refractivity contribution is 0.443. The molecule has 2 heterocycles. The molecule has 0 radical (unpaired) electrons. The van der Waals surface area contributed by atoms with Gasteiger partial charge in [-0.1, -0.05) is 0 Å². The molecule has 1 aromatic heterocycles. The maximum absolute atomic E-state index is 4.41. The summed E-state index contributed by atoms with van der Waals surface area (Å²) >= 11 is 1.78. The molecule has 0 bridgehead atoms. The third-order valence-electron chi connectivity index (χ3n) is 2.77. The minimum Gasteiger partial charge on any atom is -0.348 e. The maximum atomic E-state index is 4.41. The highest BCUT2D eigenvalue weighted by atomic mass is 32.1. The van der Waals surface area contributed by atoms with Crippen LogP contribution in [0, 0.1) is 6.92 Å². The summed E-state index contributed by atoms with van der Waals surface area (Å²) in [6.07, 6.45) is 4.42. The smallest absolute Gasteiger partial charge is 0.185 e. The van der Waals surface area contributed by atoms with Gasteiger partial charge in [-0.05, 0) is 32.9 Å². The zero-order valence-corrected chi connectivity index (χ0v) is 9.60. The monoisotopic (exact) mass is 211 g/mol. The fourth-order valence-corrected chi connectivity index (χ4v) is 2.65. The normalized spacial score (nSPS) is 18.4. The number of nitrogens with zero attached hydrogens (tertiary/aromatic N) is 2. The lowest BCUT2D eigenvalue weighted by Crippen LogP contribution is -2.41. The Kier molecular flexibility index (Phi) is 3.03. The number of hydrogen-bond acceptors (Lipinski definition) is 4. The van der Waals surface area contributed by atoms with Crippen molar-refractivity contribution >= 4 is 16.5 Å². The number of thiazole rings is 1. The van der Waals surface area contributed by atoms with E-state index in [0.717, 1.165) is 18.2 Å². The first-order chi connectivity index (χ1) is 6.77. The number of piperidine rings is 1. The topological polar surface area (TPSA) is 28.2 Å². The van der Waals surface area contributed by atoms with Gasteiger partial charge in [-0.15, -0.1) is 11.3 Å². The van der Waals surface area contributed by atoms with Crippen LogP contribution in [0.3, 0.4) is 0 Å². The molecule has 0 unspecified atom stereocenters. The Morgan fingerprint density at radius 3 is 2.79 bits per heavy atom. The Labute approximate surface area is 89.1 Å². The average Bonchev–Trinajstić information content (AvgIpc) is 2.65. The summed E-state index contributed by atoms with van der Waals surface area (Å²) in [5.41, 5.74) is 0. The molecule has 14 heavy (non-hydrogen) atoms. The van der Waals surface area contributed by atoms with Crippen LogP contribution in [0.1, 0.15) is 17.7 Å². The fraction of sp³-hybridized carbons (Fsp3) is 0.700. The molecule has 0 spiro atoms. The van der Waals surface area contributed by atoms with Crippen molar-refractivity contribution in [3.63, 3.8) is 0 Å². The van der Waals surface area contributed by atoms with Crippen molar-refractivity contribution in [2.75, 3.05) is 25.0 Å². The minimum atomic E-state index is 0.668. The van der Waals surface area contributed by atoms with E-state index in [9.17, 15) is 0 Å². The predicted molar refractivity (Wildman–Crippen MR) is 61.1 cm³/mol. The van der Waals surface area contributed by atoms with E-state index in [1.165, 1.54) is 17.7 Å². The summed E-state index contributed by atoms with van der Waals surface area (Å²) < 4.78 is 0. The highest BCUT2D eigenvalue weighted by Gasteiger charge is 2.19. The van der Waals surface area contributed by atoms with Gasteiger partial charge in [0.05, 0.1) is 0 Å². The van der Waals surface area contributed by atoms with E-state index in [-0.39, 0.29) is 0 Å². The van der Waals surface area contributed by atoms with E-state index in [1.807, 2.05) is 6.20 Å². The Bertz CT molecular complexity index is 291. The SMILES string of the molecule is Cc1cnc(N(C)C2CCNCC2)s1. The van der Waals surface area contributed by atoms with Gasteiger partial charge in [0, 0.05) is 24.2 Å². The summed E-state index contributed by atoms with van der Waals surface area (Å²) in [5, 5.41) is 4.54. The molecule has 1 aromatic rings. The average molecular weight is 211 g/mol. The largest absolute Gasteiger partial charge is 0.348 e. The van der Waals surface area contributed by atoms with Crippen LogP contribution in [0.5, 0.6) is 0 Å². The first-order valence-electron chi connectivity index (χ1n) is 5.13. The molecule has 3 nitrogen and oxygen atoms in total. The summed E-state index contributed by atoms with van der Waals surface area (Å²) in [5.74, 6) is 0. The Morgan fingerprint density at radius 2 is 2.21 bits per heavy atom. The third kappa shape index (κ3) is 2.07. The van der Waals surface area contributed by atoms with Crippen molar-refractivity contribution in [2.45, 2.75) is 25.8 Å². The van der Waals surface area contributed by atoms with E-state index in [4.69, 9.17) is 0 Å². The van der Waals surface area contributed by atoms with Gasteiger partial charge in [0.25, 0.3) is 0 Å². The summed E-state index contributed by atoms with van der Waals surface area (Å²) in [7, 11) is 2.16. The van der Waals surface area contributed by atoms with Gasteiger partial charge in [-0.3, -0.25) is 0 Å².